The second kappa shape index (κ2) is 8.24. The number of benzene rings is 1. The Balaban J connectivity index is 1.59. The smallest absolute Gasteiger partial charge is 0.341 e. The van der Waals surface area contributed by atoms with Gasteiger partial charge in [0.25, 0.3) is 0 Å². The van der Waals surface area contributed by atoms with Crippen LogP contribution in [0.25, 0.3) is 5.69 Å². The molecule has 1 aromatic heterocycles. The fraction of sp³-hybridized carbons (Fsp3) is 0.522. The second-order valence-corrected chi connectivity index (χ2v) is 9.04. The van der Waals surface area contributed by atoms with Crippen LogP contribution in [0.1, 0.15) is 56.8 Å². The van der Waals surface area contributed by atoms with E-state index in [0.29, 0.717) is 36.3 Å². The van der Waals surface area contributed by atoms with Gasteiger partial charge in [-0.1, -0.05) is 19.8 Å². The Bertz CT molecular complexity index is 989. The number of fused-ring (bicyclic) bond motifs is 1. The number of carbonyl (C=O) groups is 2. The van der Waals surface area contributed by atoms with Gasteiger partial charge in [-0.3, -0.25) is 4.79 Å². The monoisotopic (exact) mass is 427 g/mol. The molecule has 1 saturated carbocycles. The fourth-order valence-corrected chi connectivity index (χ4v) is 4.32. The number of carboxylic acids is 1. The summed E-state index contributed by atoms with van der Waals surface area (Å²) < 4.78 is 12.6. The number of hydrogen-bond acceptors (Lipinski definition) is 6. The van der Waals surface area contributed by atoms with Crippen molar-refractivity contribution in [3.63, 3.8) is 0 Å². The van der Waals surface area contributed by atoms with Gasteiger partial charge in [0.1, 0.15) is 18.8 Å². The number of ketones is 1. The van der Waals surface area contributed by atoms with E-state index in [9.17, 15) is 14.7 Å². The molecule has 0 bridgehead atoms. The van der Waals surface area contributed by atoms with Crippen LogP contribution in [0.2, 0.25) is 0 Å². The molecule has 2 aliphatic rings. The largest absolute Gasteiger partial charge is 0.486 e. The number of carbonyl (C=O) groups excluding carboxylic acids is 1. The molecule has 0 unspecified atom stereocenters. The van der Waals surface area contributed by atoms with Crippen molar-refractivity contribution in [1.29, 1.82) is 0 Å². The molecule has 1 aromatic carbocycles. The standard InChI is InChI=1S/C23H29N3O5/c1-14-4-6-15(7-5-14)20(27)23(2,3)24-21-17(22(28)29)13-26(25-21)16-8-9-18-19(12-16)31-11-10-30-18/h8-9,12-15H,4-7,10-11H2,1-3H3,(H,24,25)(H,28,29). The first-order chi connectivity index (χ1) is 14.7. The molecule has 8 nitrogen and oxygen atoms in total. The Morgan fingerprint density at radius 3 is 2.48 bits per heavy atom. The average molecular weight is 428 g/mol. The number of carboxylic acid groups (broad SMARTS) is 1. The Hall–Kier alpha value is -3.03. The van der Waals surface area contributed by atoms with E-state index in [1.54, 1.807) is 32.0 Å². The summed E-state index contributed by atoms with van der Waals surface area (Å²) in [7, 11) is 0. The van der Waals surface area contributed by atoms with Crippen LogP contribution in [0.3, 0.4) is 0 Å². The molecule has 166 valence electrons. The molecule has 0 spiro atoms. The molecule has 0 atom stereocenters. The van der Waals surface area contributed by atoms with Gasteiger partial charge in [-0.2, -0.15) is 0 Å². The molecule has 8 heteroatoms. The summed E-state index contributed by atoms with van der Waals surface area (Å²) in [5, 5.41) is 17.3. The van der Waals surface area contributed by atoms with Gasteiger partial charge in [0, 0.05) is 18.2 Å². The van der Waals surface area contributed by atoms with E-state index in [1.807, 2.05) is 0 Å². The summed E-state index contributed by atoms with van der Waals surface area (Å²) in [6, 6.07) is 5.32. The van der Waals surface area contributed by atoms with E-state index in [1.165, 1.54) is 10.9 Å². The third-order valence-corrected chi connectivity index (χ3v) is 6.17. The van der Waals surface area contributed by atoms with Crippen molar-refractivity contribution in [3.05, 3.63) is 30.0 Å². The highest BCUT2D eigenvalue weighted by Crippen LogP contribution is 2.34. The minimum atomic E-state index is -1.11. The Morgan fingerprint density at radius 2 is 1.81 bits per heavy atom. The number of ether oxygens (including phenoxy) is 2. The van der Waals surface area contributed by atoms with Gasteiger partial charge >= 0.3 is 5.97 Å². The maximum Gasteiger partial charge on any atom is 0.341 e. The molecule has 1 aliphatic carbocycles. The number of aromatic carboxylic acids is 1. The summed E-state index contributed by atoms with van der Waals surface area (Å²) in [5.41, 5.74) is -0.278. The van der Waals surface area contributed by atoms with Crippen LogP contribution in [-0.2, 0) is 4.79 Å². The highest BCUT2D eigenvalue weighted by atomic mass is 16.6. The summed E-state index contributed by atoms with van der Waals surface area (Å²) in [5.74, 6) is 1.04. The second-order valence-electron chi connectivity index (χ2n) is 9.04. The lowest BCUT2D eigenvalue weighted by atomic mass is 9.76. The molecule has 4 rings (SSSR count). The average Bonchev–Trinajstić information content (AvgIpc) is 3.17. The summed E-state index contributed by atoms with van der Waals surface area (Å²) in [4.78, 5) is 25.0. The first kappa shape index (κ1) is 21.2. The highest BCUT2D eigenvalue weighted by Gasteiger charge is 2.36. The van der Waals surface area contributed by atoms with Crippen LogP contribution in [0.15, 0.2) is 24.4 Å². The lowest BCUT2D eigenvalue weighted by Crippen LogP contribution is -2.45. The van der Waals surface area contributed by atoms with Crippen molar-refractivity contribution < 1.29 is 24.2 Å². The summed E-state index contributed by atoms with van der Waals surface area (Å²) in [6.45, 7) is 6.76. The van der Waals surface area contributed by atoms with Crippen molar-refractivity contribution in [2.75, 3.05) is 18.5 Å². The number of rotatable bonds is 6. The van der Waals surface area contributed by atoms with Gasteiger partial charge < -0.3 is 19.9 Å². The highest BCUT2D eigenvalue weighted by molar-refractivity contribution is 5.96. The van der Waals surface area contributed by atoms with E-state index in [-0.39, 0.29) is 23.1 Å². The third-order valence-electron chi connectivity index (χ3n) is 6.17. The number of aromatic nitrogens is 2. The summed E-state index contributed by atoms with van der Waals surface area (Å²) >= 11 is 0. The number of Topliss-reactive ketones (excluding diaryl/α,β-unsaturated/α-hetero) is 1. The van der Waals surface area contributed by atoms with Crippen LogP contribution < -0.4 is 14.8 Å². The van der Waals surface area contributed by atoms with E-state index in [2.05, 4.69) is 17.3 Å². The Labute approximate surface area is 181 Å². The van der Waals surface area contributed by atoms with Crippen LogP contribution >= 0.6 is 0 Å². The molecule has 0 radical (unpaired) electrons. The van der Waals surface area contributed by atoms with Gasteiger partial charge in [0.2, 0.25) is 0 Å². The predicted octanol–water partition coefficient (Wildman–Crippen LogP) is 3.93. The molecule has 2 heterocycles. The van der Waals surface area contributed by atoms with Crippen LogP contribution in [0.5, 0.6) is 11.5 Å². The zero-order valence-corrected chi connectivity index (χ0v) is 18.2. The van der Waals surface area contributed by atoms with Crippen LogP contribution in [0.4, 0.5) is 5.82 Å². The molecule has 31 heavy (non-hydrogen) atoms. The van der Waals surface area contributed by atoms with Gasteiger partial charge in [0.05, 0.1) is 11.2 Å². The topological polar surface area (TPSA) is 103 Å². The maximum absolute atomic E-state index is 13.2. The molecule has 0 amide bonds. The van der Waals surface area contributed by atoms with Crippen LogP contribution in [-0.4, -0.2) is 45.4 Å². The van der Waals surface area contributed by atoms with E-state index < -0.39 is 11.5 Å². The number of hydrogen-bond donors (Lipinski definition) is 2. The molecule has 2 aromatic rings. The molecule has 1 fully saturated rings. The third kappa shape index (κ3) is 4.38. The number of nitrogens with zero attached hydrogens (tertiary/aromatic N) is 2. The first-order valence-electron chi connectivity index (χ1n) is 10.8. The van der Waals surface area contributed by atoms with Gasteiger partial charge in [-0.25, -0.2) is 9.48 Å². The molecule has 0 saturated heterocycles. The van der Waals surface area contributed by atoms with E-state index in [0.717, 1.165) is 25.7 Å². The van der Waals surface area contributed by atoms with Crippen LogP contribution in [0, 0.1) is 11.8 Å². The van der Waals surface area contributed by atoms with Gasteiger partial charge in [-0.15, -0.1) is 5.10 Å². The van der Waals surface area contributed by atoms with Gasteiger partial charge in [-0.05, 0) is 44.7 Å². The van der Waals surface area contributed by atoms with E-state index in [4.69, 9.17) is 9.47 Å². The zero-order chi connectivity index (χ0) is 22.2. The van der Waals surface area contributed by atoms with Crippen molar-refractivity contribution in [2.24, 2.45) is 11.8 Å². The van der Waals surface area contributed by atoms with Crippen molar-refractivity contribution in [3.8, 4) is 17.2 Å². The molecular formula is C23H29N3O5. The van der Waals surface area contributed by atoms with Crippen molar-refractivity contribution in [1.82, 2.24) is 9.78 Å². The zero-order valence-electron chi connectivity index (χ0n) is 18.2. The van der Waals surface area contributed by atoms with E-state index >= 15 is 0 Å². The van der Waals surface area contributed by atoms with Crippen molar-refractivity contribution >= 4 is 17.6 Å². The summed E-state index contributed by atoms with van der Waals surface area (Å²) in [6.07, 6.45) is 5.29. The number of nitrogens with one attached hydrogen (secondary N) is 1. The lowest BCUT2D eigenvalue weighted by molar-refractivity contribution is -0.127. The first-order valence-corrected chi connectivity index (χ1v) is 10.8. The Kier molecular flexibility index (Phi) is 5.64. The number of anilines is 1. The quantitative estimate of drug-likeness (QED) is 0.720. The fourth-order valence-electron chi connectivity index (χ4n) is 4.32. The normalized spacial score (nSPS) is 20.9. The maximum atomic E-state index is 13.2. The minimum absolute atomic E-state index is 0.00744. The SMILES string of the molecule is CC1CCC(C(=O)C(C)(C)Nc2nn(-c3ccc4c(c3)OCCO4)cc2C(=O)O)CC1. The molecule has 2 N–H and O–H groups in total. The van der Waals surface area contributed by atoms with Gasteiger partial charge in [0.15, 0.2) is 23.1 Å². The Morgan fingerprint density at radius 1 is 1.13 bits per heavy atom. The minimum Gasteiger partial charge on any atom is -0.486 e. The lowest BCUT2D eigenvalue weighted by Gasteiger charge is -2.33. The predicted molar refractivity (Wildman–Crippen MR) is 115 cm³/mol. The van der Waals surface area contributed by atoms with Crippen molar-refractivity contribution in [2.45, 2.75) is 52.0 Å². The molecule has 1 aliphatic heterocycles. The molecular weight excluding hydrogens is 398 g/mol.